The first kappa shape index (κ1) is 12.1. The molecule has 2 rings (SSSR count). The summed E-state index contributed by atoms with van der Waals surface area (Å²) in [7, 11) is 1.84. The van der Waals surface area contributed by atoms with Crippen molar-refractivity contribution in [3.63, 3.8) is 0 Å². The second-order valence-electron chi connectivity index (χ2n) is 3.66. The third-order valence-corrected chi connectivity index (χ3v) is 3.65. The number of aromatic nitrogens is 3. The zero-order valence-corrected chi connectivity index (χ0v) is 11.1. The maximum atomic E-state index is 11.9. The van der Waals surface area contributed by atoms with E-state index in [1.807, 2.05) is 19.4 Å². The van der Waals surface area contributed by atoms with E-state index in [1.165, 1.54) is 11.3 Å². The van der Waals surface area contributed by atoms with Crippen LogP contribution in [0, 0.1) is 0 Å². The lowest BCUT2D eigenvalue weighted by Gasteiger charge is -2.11. The molecule has 0 radical (unpaired) electrons. The monoisotopic (exact) mass is 268 g/mol. The summed E-state index contributed by atoms with van der Waals surface area (Å²) in [5.74, 6) is 0.604. The Morgan fingerprint density at radius 1 is 1.65 bits per heavy atom. The normalized spacial score (nSPS) is 12.4. The first-order valence-corrected chi connectivity index (χ1v) is 6.33. The van der Waals surface area contributed by atoms with Crippen LogP contribution in [0.3, 0.4) is 0 Å². The highest BCUT2D eigenvalue weighted by Gasteiger charge is 2.16. The van der Waals surface area contributed by atoms with E-state index in [4.69, 9.17) is 0 Å². The molecule has 2 heterocycles. The molecular formula is C10H12N4OS2. The van der Waals surface area contributed by atoms with Gasteiger partial charge >= 0.3 is 0 Å². The van der Waals surface area contributed by atoms with Crippen LogP contribution < -0.4 is 5.32 Å². The Hall–Kier alpha value is -1.34. The number of amides is 1. The number of carbonyl (C=O) groups is 1. The van der Waals surface area contributed by atoms with Crippen LogP contribution in [-0.2, 0) is 7.05 Å². The van der Waals surface area contributed by atoms with Crippen LogP contribution in [0.4, 0.5) is 0 Å². The van der Waals surface area contributed by atoms with Gasteiger partial charge in [-0.15, -0.1) is 34.2 Å². The molecule has 17 heavy (non-hydrogen) atoms. The largest absolute Gasteiger partial charge is 0.342 e. The van der Waals surface area contributed by atoms with Crippen molar-refractivity contribution in [3.8, 4) is 0 Å². The first-order valence-electron chi connectivity index (χ1n) is 5.00. The van der Waals surface area contributed by atoms with E-state index < -0.39 is 0 Å². The van der Waals surface area contributed by atoms with Crippen molar-refractivity contribution in [1.29, 1.82) is 0 Å². The molecule has 1 unspecified atom stereocenters. The molecule has 0 aliphatic rings. The molecule has 0 aliphatic heterocycles. The number of aryl methyl sites for hydroxylation is 1. The van der Waals surface area contributed by atoms with Gasteiger partial charge in [-0.1, -0.05) is 0 Å². The zero-order valence-electron chi connectivity index (χ0n) is 9.41. The molecule has 0 saturated heterocycles. The molecule has 90 valence electrons. The van der Waals surface area contributed by atoms with Gasteiger partial charge in [-0.05, 0) is 13.0 Å². The van der Waals surface area contributed by atoms with Crippen molar-refractivity contribution < 1.29 is 4.79 Å². The van der Waals surface area contributed by atoms with Gasteiger partial charge in [-0.25, -0.2) is 0 Å². The fraction of sp³-hybridized carbons (Fsp3) is 0.300. The van der Waals surface area contributed by atoms with Gasteiger partial charge in [-0.2, -0.15) is 0 Å². The molecule has 1 atom stereocenters. The molecule has 1 N–H and O–H groups in total. The number of hydrogen-bond donors (Lipinski definition) is 2. The summed E-state index contributed by atoms with van der Waals surface area (Å²) in [6, 6.07) is 1.56. The van der Waals surface area contributed by atoms with Gasteiger partial charge in [0.05, 0.1) is 10.9 Å². The molecule has 0 aliphatic carbocycles. The third-order valence-electron chi connectivity index (χ3n) is 2.29. The molecule has 0 bridgehead atoms. The first-order chi connectivity index (χ1) is 8.08. The Balaban J connectivity index is 2.07. The molecule has 7 heteroatoms. The Bertz CT molecular complexity index is 534. The second-order valence-corrected chi connectivity index (χ2v) is 5.09. The number of thiol groups is 1. The van der Waals surface area contributed by atoms with E-state index >= 15 is 0 Å². The van der Waals surface area contributed by atoms with Crippen molar-refractivity contribution in [2.24, 2.45) is 7.05 Å². The molecule has 0 fully saturated rings. The van der Waals surface area contributed by atoms with Gasteiger partial charge in [0.15, 0.2) is 5.82 Å². The van der Waals surface area contributed by atoms with E-state index in [0.29, 0.717) is 4.88 Å². The Labute approximate surface area is 108 Å². The number of hydrogen-bond acceptors (Lipinski definition) is 5. The maximum absolute atomic E-state index is 11.9. The van der Waals surface area contributed by atoms with Gasteiger partial charge in [0.2, 0.25) is 0 Å². The van der Waals surface area contributed by atoms with Crippen molar-refractivity contribution >= 4 is 29.9 Å². The van der Waals surface area contributed by atoms with Gasteiger partial charge < -0.3 is 9.88 Å². The van der Waals surface area contributed by atoms with Crippen LogP contribution in [0.5, 0.6) is 0 Å². The molecule has 0 saturated carbocycles. The molecule has 5 nitrogen and oxygen atoms in total. The van der Waals surface area contributed by atoms with E-state index in [2.05, 4.69) is 28.1 Å². The highest BCUT2D eigenvalue weighted by molar-refractivity contribution is 7.80. The smallest absolute Gasteiger partial charge is 0.261 e. The van der Waals surface area contributed by atoms with E-state index in [1.54, 1.807) is 17.0 Å². The lowest BCUT2D eigenvalue weighted by atomic mass is 10.3. The fourth-order valence-electron chi connectivity index (χ4n) is 1.46. The number of thiophene rings is 1. The number of nitrogens with zero attached hydrogens (tertiary/aromatic N) is 3. The average Bonchev–Trinajstić information content (AvgIpc) is 2.86. The highest BCUT2D eigenvalue weighted by atomic mass is 32.1. The van der Waals surface area contributed by atoms with E-state index in [9.17, 15) is 4.79 Å². The molecule has 2 aromatic rings. The Morgan fingerprint density at radius 3 is 2.94 bits per heavy atom. The number of carbonyl (C=O) groups excluding carboxylic acids is 1. The number of nitrogens with one attached hydrogen (secondary N) is 1. The maximum Gasteiger partial charge on any atom is 0.261 e. The average molecular weight is 268 g/mol. The van der Waals surface area contributed by atoms with Gasteiger partial charge in [0.25, 0.3) is 5.91 Å². The van der Waals surface area contributed by atoms with Crippen LogP contribution in [-0.4, -0.2) is 20.7 Å². The summed E-state index contributed by atoms with van der Waals surface area (Å²) in [5.41, 5.74) is 0. The summed E-state index contributed by atoms with van der Waals surface area (Å²) in [6.45, 7) is 1.87. The highest BCUT2D eigenvalue weighted by Crippen LogP contribution is 2.18. The summed E-state index contributed by atoms with van der Waals surface area (Å²) in [4.78, 5) is 13.3. The van der Waals surface area contributed by atoms with Crippen LogP contribution in [0.25, 0.3) is 0 Å². The van der Waals surface area contributed by atoms with E-state index in [0.717, 1.165) is 10.7 Å². The summed E-state index contributed by atoms with van der Waals surface area (Å²) < 4.78 is 1.78. The molecule has 0 spiro atoms. The Morgan fingerprint density at radius 2 is 2.41 bits per heavy atom. The minimum atomic E-state index is -0.180. The van der Waals surface area contributed by atoms with Crippen molar-refractivity contribution in [3.05, 3.63) is 28.5 Å². The summed E-state index contributed by atoms with van der Waals surface area (Å²) in [6.07, 6.45) is 1.61. The number of rotatable bonds is 3. The molecular weight excluding hydrogens is 256 g/mol. The van der Waals surface area contributed by atoms with Gasteiger partial charge in [-0.3, -0.25) is 4.79 Å². The van der Waals surface area contributed by atoms with Crippen molar-refractivity contribution in [2.45, 2.75) is 17.9 Å². The van der Waals surface area contributed by atoms with Crippen LogP contribution in [0.1, 0.15) is 28.5 Å². The van der Waals surface area contributed by atoms with Crippen molar-refractivity contribution in [1.82, 2.24) is 20.1 Å². The lowest BCUT2D eigenvalue weighted by molar-refractivity contribution is 0.0942. The molecule has 0 aromatic carbocycles. The van der Waals surface area contributed by atoms with E-state index in [-0.39, 0.29) is 11.9 Å². The minimum absolute atomic E-state index is 0.120. The topological polar surface area (TPSA) is 59.8 Å². The minimum Gasteiger partial charge on any atom is -0.342 e. The predicted molar refractivity (Wildman–Crippen MR) is 68.5 cm³/mol. The third kappa shape index (κ3) is 2.67. The SMILES string of the molecule is CC(NC(=O)c1cc(S)cs1)c1nncn1C. The molecule has 1 amide bonds. The van der Waals surface area contributed by atoms with Gasteiger partial charge in [0.1, 0.15) is 6.33 Å². The van der Waals surface area contributed by atoms with Gasteiger partial charge in [0, 0.05) is 17.3 Å². The lowest BCUT2D eigenvalue weighted by Crippen LogP contribution is -2.27. The van der Waals surface area contributed by atoms with Crippen molar-refractivity contribution in [2.75, 3.05) is 0 Å². The van der Waals surface area contributed by atoms with Crippen LogP contribution in [0.15, 0.2) is 22.7 Å². The standard InChI is InChI=1S/C10H12N4OS2/c1-6(9-13-11-5-14(9)2)12-10(15)8-3-7(16)4-17-8/h3-6,16H,1-2H3,(H,12,15). The fourth-order valence-corrected chi connectivity index (χ4v) is 2.51. The van der Waals surface area contributed by atoms with Crippen LogP contribution >= 0.6 is 24.0 Å². The summed E-state index contributed by atoms with van der Waals surface area (Å²) >= 11 is 5.54. The van der Waals surface area contributed by atoms with Crippen LogP contribution in [0.2, 0.25) is 0 Å². The second kappa shape index (κ2) is 4.89. The summed E-state index contributed by atoms with van der Waals surface area (Å²) in [5, 5.41) is 12.4. The Kier molecular flexibility index (Phi) is 3.49. The zero-order chi connectivity index (χ0) is 12.4. The quantitative estimate of drug-likeness (QED) is 0.832. The molecule has 2 aromatic heterocycles. The predicted octanol–water partition coefficient (Wildman–Crippen LogP) is 1.66.